The van der Waals surface area contributed by atoms with E-state index >= 15 is 0 Å². The number of aryl methyl sites for hydroxylation is 1. The summed E-state index contributed by atoms with van der Waals surface area (Å²) in [5.74, 6) is 1.90. The molecule has 2 aromatic carbocycles. The van der Waals surface area contributed by atoms with E-state index in [2.05, 4.69) is 39.3 Å². The van der Waals surface area contributed by atoms with Gasteiger partial charge in [-0.2, -0.15) is 0 Å². The Bertz CT molecular complexity index is 1200. The molecule has 0 bridgehead atoms. The van der Waals surface area contributed by atoms with Crippen LogP contribution >= 0.6 is 0 Å². The monoisotopic (exact) mass is 425 g/mol. The van der Waals surface area contributed by atoms with Gasteiger partial charge in [-0.05, 0) is 30.5 Å². The van der Waals surface area contributed by atoms with Crippen LogP contribution in [0.4, 0.5) is 5.82 Å². The molecule has 1 saturated heterocycles. The summed E-state index contributed by atoms with van der Waals surface area (Å²) in [6.45, 7) is 3.05. The summed E-state index contributed by atoms with van der Waals surface area (Å²) >= 11 is 0. The Kier molecular flexibility index (Phi) is 5.83. The van der Waals surface area contributed by atoms with Crippen LogP contribution in [0.25, 0.3) is 22.3 Å². The standard InChI is InChI=1S/C26H27N5O/c32-25(12-6-9-21-19-28-23-11-5-4-10-22(21)23)31-17-15-30(16-18-31)24-13-14-27-26(29-24)20-7-2-1-3-8-20/h1-5,7-8,10-11,13-14,19,28H,6,9,12,15-18H2. The number of piperazine rings is 1. The van der Waals surface area contributed by atoms with Crippen molar-refractivity contribution in [2.24, 2.45) is 0 Å². The van der Waals surface area contributed by atoms with Gasteiger partial charge in [0.05, 0.1) is 0 Å². The molecule has 2 aromatic heterocycles. The summed E-state index contributed by atoms with van der Waals surface area (Å²) in [5, 5.41) is 1.26. The Balaban J connectivity index is 1.13. The molecule has 1 N–H and O–H groups in total. The average molecular weight is 426 g/mol. The fourth-order valence-electron chi connectivity index (χ4n) is 4.36. The summed E-state index contributed by atoms with van der Waals surface area (Å²) in [6, 6.07) is 20.3. The molecule has 3 heterocycles. The third kappa shape index (κ3) is 4.35. The Morgan fingerprint density at radius 1 is 0.938 bits per heavy atom. The van der Waals surface area contributed by atoms with Crippen LogP contribution in [-0.4, -0.2) is 51.9 Å². The fraction of sp³-hybridized carbons (Fsp3) is 0.269. The number of fused-ring (bicyclic) bond motifs is 1. The predicted octanol–water partition coefficient (Wildman–Crippen LogP) is 4.30. The van der Waals surface area contributed by atoms with E-state index in [1.807, 2.05) is 53.6 Å². The van der Waals surface area contributed by atoms with E-state index in [9.17, 15) is 4.79 Å². The van der Waals surface area contributed by atoms with Crippen LogP contribution in [0.5, 0.6) is 0 Å². The summed E-state index contributed by atoms with van der Waals surface area (Å²) < 4.78 is 0. The molecule has 162 valence electrons. The van der Waals surface area contributed by atoms with Gasteiger partial charge >= 0.3 is 0 Å². The van der Waals surface area contributed by atoms with E-state index in [4.69, 9.17) is 4.98 Å². The molecule has 5 rings (SSSR count). The number of H-pyrrole nitrogens is 1. The van der Waals surface area contributed by atoms with Gasteiger partial charge in [0.15, 0.2) is 5.82 Å². The fourth-order valence-corrected chi connectivity index (χ4v) is 4.36. The van der Waals surface area contributed by atoms with Gasteiger partial charge < -0.3 is 14.8 Å². The number of carbonyl (C=O) groups excluding carboxylic acids is 1. The summed E-state index contributed by atoms with van der Waals surface area (Å²) in [7, 11) is 0. The van der Waals surface area contributed by atoms with E-state index in [-0.39, 0.29) is 5.91 Å². The van der Waals surface area contributed by atoms with Gasteiger partial charge in [0.1, 0.15) is 5.82 Å². The molecule has 1 aliphatic heterocycles. The molecule has 6 nitrogen and oxygen atoms in total. The number of amides is 1. The van der Waals surface area contributed by atoms with E-state index in [0.717, 1.165) is 61.7 Å². The number of nitrogens with zero attached hydrogens (tertiary/aromatic N) is 4. The zero-order chi connectivity index (χ0) is 21.8. The summed E-state index contributed by atoms with van der Waals surface area (Å²) in [4.78, 5) is 29.5. The Morgan fingerprint density at radius 3 is 2.56 bits per heavy atom. The van der Waals surface area contributed by atoms with Gasteiger partial charge in [-0.3, -0.25) is 4.79 Å². The van der Waals surface area contributed by atoms with Crippen LogP contribution in [0.2, 0.25) is 0 Å². The van der Waals surface area contributed by atoms with Crippen molar-refractivity contribution < 1.29 is 4.79 Å². The lowest BCUT2D eigenvalue weighted by atomic mass is 10.1. The van der Waals surface area contributed by atoms with E-state index in [0.29, 0.717) is 6.42 Å². The van der Waals surface area contributed by atoms with Crippen LogP contribution in [0.15, 0.2) is 73.1 Å². The van der Waals surface area contributed by atoms with E-state index in [1.54, 1.807) is 0 Å². The molecular weight excluding hydrogens is 398 g/mol. The number of aromatic amines is 1. The van der Waals surface area contributed by atoms with Crippen molar-refractivity contribution in [3.05, 3.63) is 78.6 Å². The number of rotatable bonds is 6. The first-order chi connectivity index (χ1) is 15.8. The van der Waals surface area contributed by atoms with Crippen molar-refractivity contribution in [2.45, 2.75) is 19.3 Å². The first kappa shape index (κ1) is 20.2. The first-order valence-electron chi connectivity index (χ1n) is 11.2. The molecule has 0 spiro atoms. The van der Waals surface area contributed by atoms with Gasteiger partial charge in [-0.1, -0.05) is 48.5 Å². The molecule has 0 atom stereocenters. The molecule has 4 aromatic rings. The SMILES string of the molecule is O=C(CCCc1c[nH]c2ccccc12)N1CCN(c2ccnc(-c3ccccc3)n2)CC1. The number of para-hydroxylation sites is 1. The van der Waals surface area contributed by atoms with Gasteiger partial charge in [-0.25, -0.2) is 9.97 Å². The lowest BCUT2D eigenvalue weighted by Crippen LogP contribution is -2.49. The van der Waals surface area contributed by atoms with Crippen molar-refractivity contribution in [1.82, 2.24) is 19.9 Å². The van der Waals surface area contributed by atoms with Crippen LogP contribution in [0.3, 0.4) is 0 Å². The highest BCUT2D eigenvalue weighted by Crippen LogP contribution is 2.21. The quantitative estimate of drug-likeness (QED) is 0.500. The number of hydrogen-bond acceptors (Lipinski definition) is 4. The number of aromatic nitrogens is 3. The second-order valence-electron chi connectivity index (χ2n) is 8.19. The zero-order valence-corrected chi connectivity index (χ0v) is 18.1. The molecular formula is C26H27N5O. The van der Waals surface area contributed by atoms with Crippen molar-refractivity contribution in [1.29, 1.82) is 0 Å². The number of nitrogens with one attached hydrogen (secondary N) is 1. The number of anilines is 1. The molecule has 0 aliphatic carbocycles. The molecule has 0 unspecified atom stereocenters. The van der Waals surface area contributed by atoms with Crippen molar-refractivity contribution in [3.63, 3.8) is 0 Å². The highest BCUT2D eigenvalue weighted by Gasteiger charge is 2.22. The minimum absolute atomic E-state index is 0.247. The van der Waals surface area contributed by atoms with Gasteiger partial charge in [0, 0.05) is 61.5 Å². The smallest absolute Gasteiger partial charge is 0.222 e. The van der Waals surface area contributed by atoms with Gasteiger partial charge in [0.25, 0.3) is 0 Å². The summed E-state index contributed by atoms with van der Waals surface area (Å²) in [6.07, 6.45) is 6.25. The van der Waals surface area contributed by atoms with E-state index < -0.39 is 0 Å². The predicted molar refractivity (Wildman–Crippen MR) is 127 cm³/mol. The number of benzene rings is 2. The van der Waals surface area contributed by atoms with Crippen molar-refractivity contribution in [3.8, 4) is 11.4 Å². The second-order valence-corrected chi connectivity index (χ2v) is 8.19. The molecule has 1 aliphatic rings. The normalized spacial score (nSPS) is 14.1. The van der Waals surface area contributed by atoms with Crippen LogP contribution in [-0.2, 0) is 11.2 Å². The molecule has 1 amide bonds. The average Bonchev–Trinajstić information content (AvgIpc) is 3.28. The topological polar surface area (TPSA) is 65.1 Å². The zero-order valence-electron chi connectivity index (χ0n) is 18.1. The number of hydrogen-bond donors (Lipinski definition) is 1. The molecule has 0 saturated carbocycles. The Hall–Kier alpha value is -3.67. The minimum atomic E-state index is 0.247. The van der Waals surface area contributed by atoms with Crippen molar-refractivity contribution >= 4 is 22.6 Å². The third-order valence-electron chi connectivity index (χ3n) is 6.14. The van der Waals surface area contributed by atoms with Crippen LogP contribution < -0.4 is 4.90 Å². The van der Waals surface area contributed by atoms with Crippen molar-refractivity contribution in [2.75, 3.05) is 31.1 Å². The maximum Gasteiger partial charge on any atom is 0.222 e. The maximum absolute atomic E-state index is 12.7. The Morgan fingerprint density at radius 2 is 1.72 bits per heavy atom. The molecule has 0 radical (unpaired) electrons. The van der Waals surface area contributed by atoms with Crippen LogP contribution in [0.1, 0.15) is 18.4 Å². The maximum atomic E-state index is 12.7. The summed E-state index contributed by atoms with van der Waals surface area (Å²) in [5.41, 5.74) is 3.46. The largest absolute Gasteiger partial charge is 0.361 e. The number of carbonyl (C=O) groups is 1. The lowest BCUT2D eigenvalue weighted by Gasteiger charge is -2.35. The highest BCUT2D eigenvalue weighted by atomic mass is 16.2. The van der Waals surface area contributed by atoms with Crippen LogP contribution in [0, 0.1) is 0 Å². The van der Waals surface area contributed by atoms with Gasteiger partial charge in [-0.15, -0.1) is 0 Å². The highest BCUT2D eigenvalue weighted by molar-refractivity contribution is 5.83. The van der Waals surface area contributed by atoms with E-state index in [1.165, 1.54) is 10.9 Å². The minimum Gasteiger partial charge on any atom is -0.361 e. The third-order valence-corrected chi connectivity index (χ3v) is 6.14. The Labute approximate surface area is 187 Å². The second kappa shape index (κ2) is 9.22. The first-order valence-corrected chi connectivity index (χ1v) is 11.2. The molecule has 32 heavy (non-hydrogen) atoms. The molecule has 6 heteroatoms. The lowest BCUT2D eigenvalue weighted by molar-refractivity contribution is -0.131. The molecule has 1 fully saturated rings. The van der Waals surface area contributed by atoms with Gasteiger partial charge in [0.2, 0.25) is 5.91 Å².